The molecule has 5 nitrogen and oxygen atoms in total. The Hall–Kier alpha value is -2.66. The van der Waals surface area contributed by atoms with Crippen LogP contribution in [0.15, 0.2) is 55.0 Å². The zero-order valence-electron chi connectivity index (χ0n) is 15.4. The molecule has 3 heterocycles. The minimum absolute atomic E-state index is 0.187. The average Bonchev–Trinajstić information content (AvgIpc) is 3.00. The summed E-state index contributed by atoms with van der Waals surface area (Å²) in [4.78, 5) is 4.22. The summed E-state index contributed by atoms with van der Waals surface area (Å²) < 4.78 is 8.00. The Balaban J connectivity index is 1.59. The van der Waals surface area contributed by atoms with Crippen molar-refractivity contribution in [3.05, 3.63) is 66.1 Å². The van der Waals surface area contributed by atoms with E-state index in [2.05, 4.69) is 53.6 Å². The van der Waals surface area contributed by atoms with Crippen molar-refractivity contribution in [2.75, 3.05) is 0 Å². The van der Waals surface area contributed by atoms with E-state index in [1.165, 1.54) is 11.1 Å². The van der Waals surface area contributed by atoms with Crippen molar-refractivity contribution >= 4 is 0 Å². The fourth-order valence-electron chi connectivity index (χ4n) is 3.63. The third-order valence-electron chi connectivity index (χ3n) is 4.75. The van der Waals surface area contributed by atoms with Crippen molar-refractivity contribution in [1.82, 2.24) is 20.1 Å². The van der Waals surface area contributed by atoms with Crippen LogP contribution in [0.4, 0.5) is 0 Å². The predicted octanol–water partition coefficient (Wildman–Crippen LogP) is 3.87. The van der Waals surface area contributed by atoms with Crippen LogP contribution in [0.1, 0.15) is 37.4 Å². The van der Waals surface area contributed by atoms with Crippen LogP contribution in [0.3, 0.4) is 0 Å². The number of aromatic nitrogens is 3. The molecule has 0 saturated heterocycles. The lowest BCUT2D eigenvalue weighted by atomic mass is 9.89. The third kappa shape index (κ3) is 3.35. The largest absolute Gasteiger partial charge is 0.487 e. The molecule has 3 aromatic rings. The second-order valence-electron chi connectivity index (χ2n) is 7.46. The van der Waals surface area contributed by atoms with Gasteiger partial charge in [0.2, 0.25) is 0 Å². The van der Waals surface area contributed by atoms with Crippen molar-refractivity contribution in [2.45, 2.75) is 38.5 Å². The maximum atomic E-state index is 6.13. The number of ether oxygens (including phenoxy) is 1. The summed E-state index contributed by atoms with van der Waals surface area (Å²) in [6.45, 7) is 5.03. The van der Waals surface area contributed by atoms with E-state index in [1.807, 2.05) is 36.1 Å². The molecule has 0 spiro atoms. The molecule has 0 fully saturated rings. The van der Waals surface area contributed by atoms with Crippen LogP contribution < -0.4 is 10.1 Å². The summed E-state index contributed by atoms with van der Waals surface area (Å²) in [7, 11) is 1.95. The average molecular weight is 348 g/mol. The molecule has 0 saturated carbocycles. The summed E-state index contributed by atoms with van der Waals surface area (Å²) in [6, 6.07) is 12.5. The number of fused-ring (bicyclic) bond motifs is 1. The number of hydrogen-bond acceptors (Lipinski definition) is 4. The lowest BCUT2D eigenvalue weighted by molar-refractivity contribution is 0.0657. The summed E-state index contributed by atoms with van der Waals surface area (Å²) >= 11 is 0. The lowest BCUT2D eigenvalue weighted by Gasteiger charge is -2.38. The molecule has 134 valence electrons. The smallest absolute Gasteiger partial charge is 0.124 e. The Labute approximate surface area is 154 Å². The molecule has 1 aromatic carbocycles. The summed E-state index contributed by atoms with van der Waals surface area (Å²) in [5, 5.41) is 8.35. The fourth-order valence-corrected chi connectivity index (χ4v) is 3.63. The van der Waals surface area contributed by atoms with Crippen LogP contribution in [0, 0.1) is 0 Å². The molecule has 0 radical (unpaired) electrons. The van der Waals surface area contributed by atoms with Crippen LogP contribution >= 0.6 is 0 Å². The SMILES string of the molecule is Cn1cc(CN[C@H]2CC(C)(C)Oc3ccccc32)c(-c2cccnc2)n1. The highest BCUT2D eigenvalue weighted by Gasteiger charge is 2.33. The molecule has 0 unspecified atom stereocenters. The Bertz CT molecular complexity index is 901. The summed E-state index contributed by atoms with van der Waals surface area (Å²) in [5.74, 6) is 0.972. The van der Waals surface area contributed by atoms with Gasteiger partial charge >= 0.3 is 0 Å². The normalized spacial score (nSPS) is 18.2. The second kappa shape index (κ2) is 6.57. The first-order chi connectivity index (χ1) is 12.5. The third-order valence-corrected chi connectivity index (χ3v) is 4.75. The Kier molecular flexibility index (Phi) is 4.24. The number of nitrogens with one attached hydrogen (secondary N) is 1. The zero-order valence-corrected chi connectivity index (χ0v) is 15.4. The molecule has 2 aromatic heterocycles. The zero-order chi connectivity index (χ0) is 18.1. The highest BCUT2D eigenvalue weighted by Crippen LogP contribution is 2.39. The van der Waals surface area contributed by atoms with E-state index >= 15 is 0 Å². The Morgan fingerprint density at radius 1 is 1.23 bits per heavy atom. The first-order valence-corrected chi connectivity index (χ1v) is 8.96. The van der Waals surface area contributed by atoms with Gasteiger partial charge in [-0.2, -0.15) is 5.10 Å². The molecule has 0 amide bonds. The van der Waals surface area contributed by atoms with E-state index in [0.717, 1.165) is 30.0 Å². The molecular weight excluding hydrogens is 324 g/mol. The van der Waals surface area contributed by atoms with Gasteiger partial charge in [-0.1, -0.05) is 18.2 Å². The van der Waals surface area contributed by atoms with Gasteiger partial charge in [0.1, 0.15) is 11.4 Å². The van der Waals surface area contributed by atoms with E-state index in [0.29, 0.717) is 0 Å². The number of benzene rings is 1. The van der Waals surface area contributed by atoms with Crippen molar-refractivity contribution in [3.8, 4) is 17.0 Å². The topological polar surface area (TPSA) is 52.0 Å². The molecule has 0 bridgehead atoms. The number of aryl methyl sites for hydroxylation is 1. The van der Waals surface area contributed by atoms with Gasteiger partial charge in [-0.15, -0.1) is 0 Å². The maximum Gasteiger partial charge on any atom is 0.124 e. The van der Waals surface area contributed by atoms with E-state index in [4.69, 9.17) is 4.74 Å². The second-order valence-corrected chi connectivity index (χ2v) is 7.46. The van der Waals surface area contributed by atoms with Gasteiger partial charge < -0.3 is 10.1 Å². The molecular formula is C21H24N4O. The van der Waals surface area contributed by atoms with Crippen molar-refractivity contribution < 1.29 is 4.74 Å². The fraction of sp³-hybridized carbons (Fsp3) is 0.333. The van der Waals surface area contributed by atoms with E-state index < -0.39 is 0 Å². The highest BCUT2D eigenvalue weighted by atomic mass is 16.5. The predicted molar refractivity (Wildman–Crippen MR) is 102 cm³/mol. The number of hydrogen-bond donors (Lipinski definition) is 1. The van der Waals surface area contributed by atoms with Gasteiger partial charge in [0.15, 0.2) is 0 Å². The Morgan fingerprint density at radius 3 is 2.88 bits per heavy atom. The first kappa shape index (κ1) is 16.8. The van der Waals surface area contributed by atoms with Crippen molar-refractivity contribution in [3.63, 3.8) is 0 Å². The standard InChI is InChI=1S/C21H24N4O/c1-21(2)11-18(17-8-4-5-9-19(17)26-21)23-13-16-14-25(3)24-20(16)15-7-6-10-22-12-15/h4-10,12,14,18,23H,11,13H2,1-3H3/t18-/m0/s1. The molecule has 1 aliphatic heterocycles. The molecule has 1 N–H and O–H groups in total. The van der Waals surface area contributed by atoms with E-state index in [1.54, 1.807) is 6.20 Å². The quantitative estimate of drug-likeness (QED) is 0.777. The molecule has 26 heavy (non-hydrogen) atoms. The van der Waals surface area contributed by atoms with Gasteiger partial charge in [0, 0.05) is 61.3 Å². The minimum Gasteiger partial charge on any atom is -0.487 e. The van der Waals surface area contributed by atoms with Gasteiger partial charge in [0.05, 0.1) is 5.69 Å². The van der Waals surface area contributed by atoms with Crippen LogP contribution in [-0.4, -0.2) is 20.4 Å². The first-order valence-electron chi connectivity index (χ1n) is 8.96. The van der Waals surface area contributed by atoms with Crippen molar-refractivity contribution in [1.29, 1.82) is 0 Å². The van der Waals surface area contributed by atoms with Crippen LogP contribution in [0.2, 0.25) is 0 Å². The molecule has 0 aliphatic carbocycles. The number of nitrogens with zero attached hydrogens (tertiary/aromatic N) is 3. The van der Waals surface area contributed by atoms with E-state index in [-0.39, 0.29) is 11.6 Å². The lowest BCUT2D eigenvalue weighted by Crippen LogP contribution is -2.39. The number of rotatable bonds is 4. The van der Waals surface area contributed by atoms with Gasteiger partial charge in [-0.3, -0.25) is 9.67 Å². The van der Waals surface area contributed by atoms with Gasteiger partial charge in [-0.05, 0) is 32.0 Å². The van der Waals surface area contributed by atoms with Gasteiger partial charge in [0.25, 0.3) is 0 Å². The summed E-state index contributed by atoms with van der Waals surface area (Å²) in [6.07, 6.45) is 6.64. The summed E-state index contributed by atoms with van der Waals surface area (Å²) in [5.41, 5.74) is 4.22. The van der Waals surface area contributed by atoms with Crippen LogP contribution in [0.5, 0.6) is 5.75 Å². The molecule has 1 atom stereocenters. The highest BCUT2D eigenvalue weighted by molar-refractivity contribution is 5.61. The minimum atomic E-state index is -0.187. The molecule has 4 rings (SSSR count). The van der Waals surface area contributed by atoms with Crippen LogP contribution in [-0.2, 0) is 13.6 Å². The van der Waals surface area contributed by atoms with Crippen LogP contribution in [0.25, 0.3) is 11.3 Å². The molecule has 5 heteroatoms. The van der Waals surface area contributed by atoms with Gasteiger partial charge in [-0.25, -0.2) is 0 Å². The Morgan fingerprint density at radius 2 is 2.08 bits per heavy atom. The number of para-hydroxylation sites is 1. The maximum absolute atomic E-state index is 6.13. The number of pyridine rings is 1. The molecule has 1 aliphatic rings. The van der Waals surface area contributed by atoms with E-state index in [9.17, 15) is 0 Å². The van der Waals surface area contributed by atoms with Crippen molar-refractivity contribution in [2.24, 2.45) is 7.05 Å². The monoisotopic (exact) mass is 348 g/mol.